The maximum Gasteiger partial charge on any atom is 0.387 e. The van der Waals surface area contributed by atoms with E-state index in [1.54, 1.807) is 23.5 Å². The average Bonchev–Trinajstić information content (AvgIpc) is 2.97. The first-order valence-electron chi connectivity index (χ1n) is 6.99. The summed E-state index contributed by atoms with van der Waals surface area (Å²) in [5, 5.41) is 5.56. The van der Waals surface area contributed by atoms with Gasteiger partial charge in [0.2, 0.25) is 0 Å². The van der Waals surface area contributed by atoms with Gasteiger partial charge in [0, 0.05) is 17.3 Å². The third-order valence-corrected chi connectivity index (χ3v) is 4.03. The summed E-state index contributed by atoms with van der Waals surface area (Å²) in [6.45, 7) is 0.260. The topological polar surface area (TPSA) is 21.3 Å². The summed E-state index contributed by atoms with van der Waals surface area (Å²) in [6, 6.07) is 11.2. The zero-order chi connectivity index (χ0) is 15.1. The van der Waals surface area contributed by atoms with Crippen molar-refractivity contribution in [2.45, 2.75) is 32.4 Å². The number of alkyl halides is 2. The highest BCUT2D eigenvalue weighted by Gasteiger charge is 2.13. The van der Waals surface area contributed by atoms with Crippen LogP contribution in [0.5, 0.6) is 5.75 Å². The SMILES string of the molecule is CCCNC(Cc1cccs1)c1ccc(OC(F)F)cc1. The second kappa shape index (κ2) is 8.10. The number of hydrogen-bond acceptors (Lipinski definition) is 3. The number of benzene rings is 1. The van der Waals surface area contributed by atoms with E-state index in [4.69, 9.17) is 0 Å². The Morgan fingerprint density at radius 1 is 1.19 bits per heavy atom. The molecule has 0 bridgehead atoms. The van der Waals surface area contributed by atoms with Crippen LogP contribution in [-0.2, 0) is 6.42 Å². The predicted octanol–water partition coefficient (Wildman–Crippen LogP) is 4.63. The highest BCUT2D eigenvalue weighted by atomic mass is 32.1. The second-order valence-corrected chi connectivity index (χ2v) is 5.77. The largest absolute Gasteiger partial charge is 0.435 e. The minimum absolute atomic E-state index is 0.184. The van der Waals surface area contributed by atoms with Gasteiger partial charge in [-0.15, -0.1) is 11.3 Å². The van der Waals surface area contributed by atoms with Crippen LogP contribution in [0.2, 0.25) is 0 Å². The van der Waals surface area contributed by atoms with E-state index < -0.39 is 6.61 Å². The van der Waals surface area contributed by atoms with E-state index >= 15 is 0 Å². The van der Waals surface area contributed by atoms with Crippen molar-refractivity contribution < 1.29 is 13.5 Å². The molecule has 0 saturated carbocycles. The Morgan fingerprint density at radius 2 is 1.95 bits per heavy atom. The molecule has 2 aromatic rings. The summed E-state index contributed by atoms with van der Waals surface area (Å²) >= 11 is 1.73. The lowest BCUT2D eigenvalue weighted by molar-refractivity contribution is -0.0498. The van der Waals surface area contributed by atoms with Gasteiger partial charge in [0.1, 0.15) is 5.75 Å². The summed E-state index contributed by atoms with van der Waals surface area (Å²) < 4.78 is 28.7. The molecule has 0 aliphatic carbocycles. The molecule has 5 heteroatoms. The lowest BCUT2D eigenvalue weighted by Crippen LogP contribution is -2.23. The van der Waals surface area contributed by atoms with E-state index in [9.17, 15) is 8.78 Å². The number of thiophene rings is 1. The van der Waals surface area contributed by atoms with Crippen LogP contribution in [0, 0.1) is 0 Å². The van der Waals surface area contributed by atoms with Crippen LogP contribution in [0.25, 0.3) is 0 Å². The van der Waals surface area contributed by atoms with Gasteiger partial charge in [-0.2, -0.15) is 8.78 Å². The zero-order valence-electron chi connectivity index (χ0n) is 11.9. The monoisotopic (exact) mass is 311 g/mol. The van der Waals surface area contributed by atoms with Crippen molar-refractivity contribution in [3.05, 3.63) is 52.2 Å². The normalized spacial score (nSPS) is 12.6. The first-order valence-corrected chi connectivity index (χ1v) is 7.87. The maximum absolute atomic E-state index is 12.2. The van der Waals surface area contributed by atoms with Gasteiger partial charge in [-0.05, 0) is 42.1 Å². The molecule has 2 nitrogen and oxygen atoms in total. The van der Waals surface area contributed by atoms with Gasteiger partial charge in [0.05, 0.1) is 0 Å². The van der Waals surface area contributed by atoms with Gasteiger partial charge >= 0.3 is 6.61 Å². The van der Waals surface area contributed by atoms with Crippen molar-refractivity contribution in [1.29, 1.82) is 0 Å². The molecule has 1 aromatic heterocycles. The zero-order valence-corrected chi connectivity index (χ0v) is 12.7. The van der Waals surface area contributed by atoms with E-state index in [0.29, 0.717) is 0 Å². The van der Waals surface area contributed by atoms with Gasteiger partial charge in [0.15, 0.2) is 0 Å². The minimum Gasteiger partial charge on any atom is -0.435 e. The molecule has 1 atom stereocenters. The molecular weight excluding hydrogens is 292 g/mol. The molecule has 2 rings (SSSR count). The molecule has 1 aromatic carbocycles. The molecule has 0 aliphatic rings. The van der Waals surface area contributed by atoms with Crippen molar-refractivity contribution in [2.24, 2.45) is 0 Å². The summed E-state index contributed by atoms with van der Waals surface area (Å²) in [5.74, 6) is 0.194. The number of nitrogens with one attached hydrogen (secondary N) is 1. The molecule has 0 spiro atoms. The molecule has 0 amide bonds. The van der Waals surface area contributed by atoms with Crippen molar-refractivity contribution in [2.75, 3.05) is 6.54 Å². The molecule has 0 radical (unpaired) electrons. The van der Waals surface area contributed by atoms with Crippen LogP contribution in [0.3, 0.4) is 0 Å². The summed E-state index contributed by atoms with van der Waals surface area (Å²) in [5.41, 5.74) is 1.08. The molecule has 1 N–H and O–H groups in total. The molecule has 0 fully saturated rings. The van der Waals surface area contributed by atoms with Gasteiger partial charge in [-0.1, -0.05) is 25.1 Å². The molecule has 114 valence electrons. The van der Waals surface area contributed by atoms with Crippen LogP contribution < -0.4 is 10.1 Å². The first-order chi connectivity index (χ1) is 10.2. The van der Waals surface area contributed by atoms with E-state index in [1.807, 2.05) is 18.2 Å². The van der Waals surface area contributed by atoms with Crippen molar-refractivity contribution in [3.63, 3.8) is 0 Å². The Morgan fingerprint density at radius 3 is 2.52 bits per heavy atom. The Kier molecular flexibility index (Phi) is 6.14. The Bertz CT molecular complexity index is 514. The summed E-state index contributed by atoms with van der Waals surface area (Å²) in [7, 11) is 0. The van der Waals surface area contributed by atoms with Gasteiger partial charge in [-0.25, -0.2) is 0 Å². The smallest absolute Gasteiger partial charge is 0.387 e. The fourth-order valence-corrected chi connectivity index (χ4v) is 2.89. The van der Waals surface area contributed by atoms with E-state index in [1.165, 1.54) is 4.88 Å². The number of hydrogen-bond donors (Lipinski definition) is 1. The molecule has 0 aliphatic heterocycles. The fourth-order valence-electron chi connectivity index (χ4n) is 2.14. The number of ether oxygens (including phenoxy) is 1. The van der Waals surface area contributed by atoms with E-state index in [-0.39, 0.29) is 11.8 Å². The lowest BCUT2D eigenvalue weighted by Gasteiger charge is -2.19. The van der Waals surface area contributed by atoms with Crippen LogP contribution in [0.15, 0.2) is 41.8 Å². The molecule has 0 saturated heterocycles. The molecular formula is C16H19F2NOS. The van der Waals surface area contributed by atoms with Crippen molar-refractivity contribution in [3.8, 4) is 5.75 Å². The average molecular weight is 311 g/mol. The molecule has 21 heavy (non-hydrogen) atoms. The Balaban J connectivity index is 2.08. The third-order valence-electron chi connectivity index (χ3n) is 3.13. The van der Waals surface area contributed by atoms with Gasteiger partial charge in [-0.3, -0.25) is 0 Å². The first kappa shape index (κ1) is 15.9. The van der Waals surface area contributed by atoms with E-state index in [0.717, 1.165) is 24.9 Å². The Hall–Kier alpha value is -1.46. The van der Waals surface area contributed by atoms with Crippen LogP contribution in [-0.4, -0.2) is 13.2 Å². The van der Waals surface area contributed by atoms with Gasteiger partial charge in [0.25, 0.3) is 0 Å². The Labute approximate surface area is 127 Å². The highest BCUT2D eigenvalue weighted by molar-refractivity contribution is 7.09. The third kappa shape index (κ3) is 5.10. The van der Waals surface area contributed by atoms with Crippen LogP contribution >= 0.6 is 11.3 Å². The lowest BCUT2D eigenvalue weighted by atomic mass is 10.0. The summed E-state index contributed by atoms with van der Waals surface area (Å²) in [6.07, 6.45) is 1.94. The standard InChI is InChI=1S/C16H19F2NOS/c1-2-9-19-15(11-14-4-3-10-21-14)12-5-7-13(8-6-12)20-16(17)18/h3-8,10,15-16,19H,2,9,11H2,1H3. The quantitative estimate of drug-likeness (QED) is 0.767. The summed E-state index contributed by atoms with van der Waals surface area (Å²) in [4.78, 5) is 1.30. The van der Waals surface area contributed by atoms with Gasteiger partial charge < -0.3 is 10.1 Å². The second-order valence-electron chi connectivity index (χ2n) is 4.74. The molecule has 1 heterocycles. The van der Waals surface area contributed by atoms with E-state index in [2.05, 4.69) is 28.4 Å². The van der Waals surface area contributed by atoms with Crippen molar-refractivity contribution in [1.82, 2.24) is 5.32 Å². The minimum atomic E-state index is -2.78. The number of halogens is 2. The maximum atomic E-state index is 12.2. The molecule has 1 unspecified atom stereocenters. The highest BCUT2D eigenvalue weighted by Crippen LogP contribution is 2.24. The van der Waals surface area contributed by atoms with Crippen LogP contribution in [0.1, 0.15) is 29.8 Å². The number of rotatable bonds is 8. The predicted molar refractivity (Wildman–Crippen MR) is 82.1 cm³/mol. The fraction of sp³-hybridized carbons (Fsp3) is 0.375. The van der Waals surface area contributed by atoms with Crippen molar-refractivity contribution >= 4 is 11.3 Å². The van der Waals surface area contributed by atoms with Crippen LogP contribution in [0.4, 0.5) is 8.78 Å².